The third-order valence-electron chi connectivity index (χ3n) is 4.04. The van der Waals surface area contributed by atoms with Crippen molar-refractivity contribution >= 4 is 0 Å². The highest BCUT2D eigenvalue weighted by atomic mass is 16.5. The molecule has 3 rings (SSSR count). The highest BCUT2D eigenvalue weighted by Crippen LogP contribution is 2.39. The van der Waals surface area contributed by atoms with Gasteiger partial charge in [0.05, 0.1) is 12.7 Å². The van der Waals surface area contributed by atoms with Gasteiger partial charge in [0.15, 0.2) is 0 Å². The van der Waals surface area contributed by atoms with Gasteiger partial charge in [-0.2, -0.15) is 5.26 Å². The Labute approximate surface area is 124 Å². The Morgan fingerprint density at radius 3 is 2.90 bits per heavy atom. The molecule has 4 nitrogen and oxygen atoms in total. The molecule has 1 saturated carbocycles. The fourth-order valence-electron chi connectivity index (χ4n) is 2.63. The lowest BCUT2D eigenvalue weighted by molar-refractivity contribution is 0.413. The van der Waals surface area contributed by atoms with Crippen molar-refractivity contribution in [1.82, 2.24) is 4.57 Å². The van der Waals surface area contributed by atoms with E-state index in [1.807, 2.05) is 24.4 Å². The molecule has 0 amide bonds. The van der Waals surface area contributed by atoms with Crippen molar-refractivity contribution < 1.29 is 4.74 Å². The normalized spacial score (nSPS) is 15.5. The second kappa shape index (κ2) is 5.63. The second-order valence-corrected chi connectivity index (χ2v) is 5.63. The molecule has 0 aliphatic heterocycles. The number of methoxy groups -OCH3 is 1. The van der Waals surface area contributed by atoms with Gasteiger partial charge in [0.1, 0.15) is 11.8 Å². The summed E-state index contributed by atoms with van der Waals surface area (Å²) in [7, 11) is 1.58. The van der Waals surface area contributed by atoms with Crippen LogP contribution in [0, 0.1) is 17.2 Å². The average molecular weight is 281 g/mol. The van der Waals surface area contributed by atoms with Crippen LogP contribution in [0.1, 0.15) is 35.6 Å². The number of benzene rings is 1. The zero-order valence-corrected chi connectivity index (χ0v) is 12.1. The third-order valence-corrected chi connectivity index (χ3v) is 4.04. The molecule has 1 aliphatic carbocycles. The van der Waals surface area contributed by atoms with Crippen molar-refractivity contribution in [2.45, 2.75) is 25.4 Å². The number of nitriles is 1. The summed E-state index contributed by atoms with van der Waals surface area (Å²) >= 11 is 0. The van der Waals surface area contributed by atoms with Crippen LogP contribution < -0.4 is 10.5 Å². The maximum Gasteiger partial charge on any atom is 0.136 e. The molecule has 21 heavy (non-hydrogen) atoms. The van der Waals surface area contributed by atoms with E-state index in [9.17, 15) is 0 Å². The molecule has 1 aromatic carbocycles. The minimum Gasteiger partial charge on any atom is -0.495 e. The van der Waals surface area contributed by atoms with Gasteiger partial charge in [0, 0.05) is 25.0 Å². The molecule has 0 bridgehead atoms. The Morgan fingerprint density at radius 1 is 1.43 bits per heavy atom. The van der Waals surface area contributed by atoms with E-state index in [0.717, 1.165) is 12.1 Å². The SMILES string of the molecule is COc1ccc(Cn2ccc(C(N)C3CC3)c2)cc1C#N. The highest BCUT2D eigenvalue weighted by Gasteiger charge is 2.29. The molecule has 0 spiro atoms. The van der Waals surface area contributed by atoms with Crippen molar-refractivity contribution in [2.24, 2.45) is 11.7 Å². The summed E-state index contributed by atoms with van der Waals surface area (Å²) in [6, 6.07) is 10.1. The van der Waals surface area contributed by atoms with Crippen LogP contribution >= 0.6 is 0 Å². The highest BCUT2D eigenvalue weighted by molar-refractivity contribution is 5.45. The third kappa shape index (κ3) is 2.93. The lowest BCUT2D eigenvalue weighted by atomic mass is 10.1. The Hall–Kier alpha value is -2.25. The monoisotopic (exact) mass is 281 g/mol. The van der Waals surface area contributed by atoms with E-state index in [4.69, 9.17) is 15.7 Å². The molecule has 2 aromatic rings. The molecule has 108 valence electrons. The molecule has 1 aromatic heterocycles. The van der Waals surface area contributed by atoms with E-state index in [0.29, 0.717) is 17.2 Å². The smallest absolute Gasteiger partial charge is 0.136 e. The Bertz CT molecular complexity index is 680. The fraction of sp³-hybridized carbons (Fsp3) is 0.353. The number of aromatic nitrogens is 1. The van der Waals surface area contributed by atoms with Crippen LogP contribution in [0.4, 0.5) is 0 Å². The molecule has 1 fully saturated rings. The molecule has 1 aliphatic rings. The van der Waals surface area contributed by atoms with Crippen molar-refractivity contribution in [3.05, 3.63) is 53.3 Å². The van der Waals surface area contributed by atoms with Crippen LogP contribution in [0.5, 0.6) is 5.75 Å². The molecule has 1 atom stereocenters. The topological polar surface area (TPSA) is 64.0 Å². The number of hydrogen-bond acceptors (Lipinski definition) is 3. The van der Waals surface area contributed by atoms with E-state index in [2.05, 4.69) is 22.9 Å². The quantitative estimate of drug-likeness (QED) is 0.916. The Kier molecular flexibility index (Phi) is 3.68. The minimum absolute atomic E-state index is 0.164. The molecule has 4 heteroatoms. The molecular formula is C17H19N3O. The molecule has 2 N–H and O–H groups in total. The van der Waals surface area contributed by atoms with Crippen molar-refractivity contribution in [3.63, 3.8) is 0 Å². The number of hydrogen-bond donors (Lipinski definition) is 1. The van der Waals surface area contributed by atoms with E-state index in [-0.39, 0.29) is 6.04 Å². The maximum atomic E-state index is 9.13. The first-order chi connectivity index (χ1) is 10.2. The van der Waals surface area contributed by atoms with Gasteiger partial charge in [-0.05, 0) is 48.1 Å². The van der Waals surface area contributed by atoms with Crippen molar-refractivity contribution in [1.29, 1.82) is 5.26 Å². The predicted octanol–water partition coefficient (Wildman–Crippen LogP) is 2.83. The molecule has 0 radical (unpaired) electrons. The summed E-state index contributed by atoms with van der Waals surface area (Å²) in [5, 5.41) is 9.13. The van der Waals surface area contributed by atoms with Crippen LogP contribution in [-0.4, -0.2) is 11.7 Å². The Morgan fingerprint density at radius 2 is 2.24 bits per heavy atom. The lowest BCUT2D eigenvalue weighted by Crippen LogP contribution is -2.11. The summed E-state index contributed by atoms with van der Waals surface area (Å²) in [6.45, 7) is 0.732. The van der Waals surface area contributed by atoms with Gasteiger partial charge in [0.25, 0.3) is 0 Å². The van der Waals surface area contributed by atoms with Crippen LogP contribution in [0.25, 0.3) is 0 Å². The van der Waals surface area contributed by atoms with Gasteiger partial charge in [0.2, 0.25) is 0 Å². The van der Waals surface area contributed by atoms with Gasteiger partial charge >= 0.3 is 0 Å². The zero-order valence-electron chi connectivity index (χ0n) is 12.1. The molecule has 0 saturated heterocycles. The van der Waals surface area contributed by atoms with Gasteiger partial charge in [-0.1, -0.05) is 6.07 Å². The van der Waals surface area contributed by atoms with Crippen LogP contribution in [0.15, 0.2) is 36.7 Å². The molecule has 1 heterocycles. The van der Waals surface area contributed by atoms with Crippen LogP contribution in [-0.2, 0) is 6.54 Å². The van der Waals surface area contributed by atoms with Crippen molar-refractivity contribution in [2.75, 3.05) is 7.11 Å². The lowest BCUT2D eigenvalue weighted by Gasteiger charge is -2.08. The average Bonchev–Trinajstić information content (AvgIpc) is 3.26. The van der Waals surface area contributed by atoms with Gasteiger partial charge in [-0.25, -0.2) is 0 Å². The predicted molar refractivity (Wildman–Crippen MR) is 80.9 cm³/mol. The summed E-state index contributed by atoms with van der Waals surface area (Å²) in [4.78, 5) is 0. The van der Waals surface area contributed by atoms with Crippen LogP contribution in [0.2, 0.25) is 0 Å². The van der Waals surface area contributed by atoms with Gasteiger partial charge < -0.3 is 15.0 Å². The summed E-state index contributed by atoms with van der Waals surface area (Å²) in [5.41, 5.74) is 9.06. The van der Waals surface area contributed by atoms with Gasteiger partial charge in [-0.15, -0.1) is 0 Å². The van der Waals surface area contributed by atoms with E-state index < -0.39 is 0 Å². The minimum atomic E-state index is 0.164. The van der Waals surface area contributed by atoms with Crippen molar-refractivity contribution in [3.8, 4) is 11.8 Å². The van der Waals surface area contributed by atoms with E-state index in [1.165, 1.54) is 18.4 Å². The second-order valence-electron chi connectivity index (χ2n) is 5.63. The summed E-state index contributed by atoms with van der Waals surface area (Å²) in [6.07, 6.45) is 6.65. The summed E-state index contributed by atoms with van der Waals surface area (Å²) < 4.78 is 7.28. The summed E-state index contributed by atoms with van der Waals surface area (Å²) in [5.74, 6) is 1.28. The largest absolute Gasteiger partial charge is 0.495 e. The first-order valence-electron chi connectivity index (χ1n) is 7.19. The van der Waals surface area contributed by atoms with E-state index in [1.54, 1.807) is 7.11 Å². The molecule has 1 unspecified atom stereocenters. The van der Waals surface area contributed by atoms with Gasteiger partial charge in [-0.3, -0.25) is 0 Å². The first kappa shape index (κ1) is 13.7. The molecular weight excluding hydrogens is 262 g/mol. The zero-order chi connectivity index (χ0) is 14.8. The number of nitrogens with zero attached hydrogens (tertiary/aromatic N) is 2. The van der Waals surface area contributed by atoms with E-state index >= 15 is 0 Å². The number of ether oxygens (including phenoxy) is 1. The fourth-order valence-corrected chi connectivity index (χ4v) is 2.63. The standard InChI is InChI=1S/C17H19N3O/c1-21-16-5-2-12(8-15(16)9-18)10-20-7-6-14(11-20)17(19)13-3-4-13/h2,5-8,11,13,17H,3-4,10,19H2,1H3. The number of rotatable bonds is 5. The van der Waals surface area contributed by atoms with Crippen LogP contribution in [0.3, 0.4) is 0 Å². The number of nitrogens with two attached hydrogens (primary N) is 1. The first-order valence-corrected chi connectivity index (χ1v) is 7.19. The maximum absolute atomic E-state index is 9.13. The Balaban J connectivity index is 1.76.